The highest BCUT2D eigenvalue weighted by atomic mass is 79.9. The van der Waals surface area contributed by atoms with Crippen LogP contribution in [0.5, 0.6) is 0 Å². The summed E-state index contributed by atoms with van der Waals surface area (Å²) in [6, 6.07) is 11.2. The molecule has 0 spiro atoms. The van der Waals surface area contributed by atoms with E-state index in [0.29, 0.717) is 22.7 Å². The summed E-state index contributed by atoms with van der Waals surface area (Å²) in [5.74, 6) is -0.806. The van der Waals surface area contributed by atoms with E-state index in [4.69, 9.17) is 11.6 Å². The van der Waals surface area contributed by atoms with Gasteiger partial charge in [0.2, 0.25) is 21.8 Å². The van der Waals surface area contributed by atoms with Crippen molar-refractivity contribution in [3.05, 3.63) is 63.1 Å². The summed E-state index contributed by atoms with van der Waals surface area (Å²) in [6.07, 6.45) is 1.41. The molecule has 0 saturated heterocycles. The van der Waals surface area contributed by atoms with E-state index >= 15 is 0 Å². The molecule has 0 aliphatic rings. The van der Waals surface area contributed by atoms with Gasteiger partial charge < -0.3 is 10.2 Å². The van der Waals surface area contributed by atoms with Gasteiger partial charge in [-0.3, -0.25) is 13.9 Å². The van der Waals surface area contributed by atoms with Crippen molar-refractivity contribution in [1.82, 2.24) is 10.2 Å². The Morgan fingerprint density at radius 2 is 1.79 bits per heavy atom. The summed E-state index contributed by atoms with van der Waals surface area (Å²) in [5.41, 5.74) is 1.86. The Balaban J connectivity index is 2.48. The highest BCUT2D eigenvalue weighted by molar-refractivity contribution is 9.10. The molecule has 186 valence electrons. The molecule has 2 aromatic rings. The minimum atomic E-state index is -3.78. The zero-order valence-electron chi connectivity index (χ0n) is 20.0. The molecule has 1 atom stereocenters. The predicted molar refractivity (Wildman–Crippen MR) is 140 cm³/mol. The van der Waals surface area contributed by atoms with Gasteiger partial charge in [0.1, 0.15) is 12.6 Å². The van der Waals surface area contributed by atoms with Gasteiger partial charge in [-0.1, -0.05) is 52.7 Å². The molecule has 1 unspecified atom stereocenters. The van der Waals surface area contributed by atoms with Crippen LogP contribution in [0.4, 0.5) is 5.69 Å². The number of nitrogens with zero attached hydrogens (tertiary/aromatic N) is 2. The van der Waals surface area contributed by atoms with E-state index in [2.05, 4.69) is 21.2 Å². The van der Waals surface area contributed by atoms with E-state index in [1.54, 1.807) is 42.5 Å². The number of carbonyl (C=O) groups excluding carboxylic acids is 2. The van der Waals surface area contributed by atoms with E-state index < -0.39 is 28.5 Å². The molecule has 0 aliphatic heterocycles. The van der Waals surface area contributed by atoms with Crippen molar-refractivity contribution in [1.29, 1.82) is 0 Å². The summed E-state index contributed by atoms with van der Waals surface area (Å²) in [4.78, 5) is 28.0. The SMILES string of the molecule is CCC(C(=O)NC(C)C)N(Cc1ccccc1Cl)C(=O)CN(c1ccc(Br)c(C)c1)S(C)(=O)=O. The van der Waals surface area contributed by atoms with Gasteiger partial charge in [-0.2, -0.15) is 0 Å². The predicted octanol–water partition coefficient (Wildman–Crippen LogP) is 4.51. The zero-order valence-corrected chi connectivity index (χ0v) is 23.2. The Labute approximate surface area is 215 Å². The molecule has 0 heterocycles. The molecule has 2 rings (SSSR count). The summed E-state index contributed by atoms with van der Waals surface area (Å²) in [6.45, 7) is 6.94. The van der Waals surface area contributed by atoms with Crippen LogP contribution in [-0.2, 0) is 26.2 Å². The van der Waals surface area contributed by atoms with Gasteiger partial charge >= 0.3 is 0 Å². The van der Waals surface area contributed by atoms with Crippen LogP contribution in [0.3, 0.4) is 0 Å². The lowest BCUT2D eigenvalue weighted by Gasteiger charge is -2.33. The summed E-state index contributed by atoms with van der Waals surface area (Å²) in [5, 5.41) is 3.32. The number of rotatable bonds is 10. The van der Waals surface area contributed by atoms with Crippen molar-refractivity contribution in [2.45, 2.75) is 52.7 Å². The molecular weight excluding hydrogens is 542 g/mol. The zero-order chi connectivity index (χ0) is 25.6. The number of carbonyl (C=O) groups is 2. The Morgan fingerprint density at radius 3 is 2.32 bits per heavy atom. The molecule has 10 heteroatoms. The lowest BCUT2D eigenvalue weighted by molar-refractivity contribution is -0.140. The number of nitrogens with one attached hydrogen (secondary N) is 1. The number of halogens is 2. The van der Waals surface area contributed by atoms with Crippen LogP contribution in [0.25, 0.3) is 0 Å². The monoisotopic (exact) mass is 571 g/mol. The van der Waals surface area contributed by atoms with Gasteiger partial charge in [0, 0.05) is 22.1 Å². The molecule has 0 aromatic heterocycles. The largest absolute Gasteiger partial charge is 0.352 e. The molecule has 1 N–H and O–H groups in total. The second kappa shape index (κ2) is 12.0. The van der Waals surface area contributed by atoms with Gasteiger partial charge in [-0.15, -0.1) is 0 Å². The first kappa shape index (κ1) is 28.1. The molecule has 0 fully saturated rings. The number of hydrogen-bond acceptors (Lipinski definition) is 4. The summed E-state index contributed by atoms with van der Waals surface area (Å²) >= 11 is 9.75. The van der Waals surface area contributed by atoms with Crippen molar-refractivity contribution >= 4 is 55.1 Å². The standard InChI is InChI=1S/C24H31BrClN3O4S/c1-6-22(24(31)27-16(2)3)28(14-18-9-7-8-10-21(18)26)23(30)15-29(34(5,32)33)19-11-12-20(25)17(4)13-19/h7-13,16,22H,6,14-15H2,1-5H3,(H,27,31). The Hall–Kier alpha value is -2.10. The third kappa shape index (κ3) is 7.45. The van der Waals surface area contributed by atoms with Crippen molar-refractivity contribution in [3.63, 3.8) is 0 Å². The van der Waals surface area contributed by atoms with Crippen LogP contribution in [0, 0.1) is 6.92 Å². The number of aryl methyl sites for hydroxylation is 1. The van der Waals surface area contributed by atoms with E-state index in [1.807, 2.05) is 27.7 Å². The first-order chi connectivity index (χ1) is 15.8. The summed E-state index contributed by atoms with van der Waals surface area (Å²) in [7, 11) is -3.78. The number of anilines is 1. The average molecular weight is 573 g/mol. The van der Waals surface area contributed by atoms with Crippen molar-refractivity contribution < 1.29 is 18.0 Å². The van der Waals surface area contributed by atoms with Gasteiger partial charge in [-0.05, 0) is 62.6 Å². The van der Waals surface area contributed by atoms with E-state index in [-0.39, 0.29) is 18.5 Å². The molecule has 7 nitrogen and oxygen atoms in total. The van der Waals surface area contributed by atoms with E-state index in [0.717, 1.165) is 20.6 Å². The number of sulfonamides is 1. The van der Waals surface area contributed by atoms with Crippen LogP contribution in [0.1, 0.15) is 38.3 Å². The number of benzene rings is 2. The Bertz CT molecular complexity index is 1140. The lowest BCUT2D eigenvalue weighted by atomic mass is 10.1. The van der Waals surface area contributed by atoms with E-state index in [1.165, 1.54) is 4.90 Å². The highest BCUT2D eigenvalue weighted by Gasteiger charge is 2.32. The third-order valence-electron chi connectivity index (χ3n) is 5.22. The van der Waals surface area contributed by atoms with Crippen molar-refractivity contribution in [2.24, 2.45) is 0 Å². The fourth-order valence-corrected chi connectivity index (χ4v) is 4.79. The normalized spacial score (nSPS) is 12.4. The van der Waals surface area contributed by atoms with Gasteiger partial charge in [0.25, 0.3) is 0 Å². The quantitative estimate of drug-likeness (QED) is 0.454. The maximum Gasteiger partial charge on any atom is 0.244 e. The molecule has 0 radical (unpaired) electrons. The molecule has 0 aliphatic carbocycles. The van der Waals surface area contributed by atoms with Crippen LogP contribution in [0.15, 0.2) is 46.9 Å². The fourth-order valence-electron chi connectivity index (χ4n) is 3.51. The molecule has 0 bridgehead atoms. The van der Waals surface area contributed by atoms with E-state index in [9.17, 15) is 18.0 Å². The minimum Gasteiger partial charge on any atom is -0.352 e. The second-order valence-corrected chi connectivity index (χ2v) is 11.6. The highest BCUT2D eigenvalue weighted by Crippen LogP contribution is 2.26. The Kier molecular flexibility index (Phi) is 9.96. The molecule has 34 heavy (non-hydrogen) atoms. The van der Waals surface area contributed by atoms with Gasteiger partial charge in [0.05, 0.1) is 11.9 Å². The summed E-state index contributed by atoms with van der Waals surface area (Å²) < 4.78 is 27.2. The van der Waals surface area contributed by atoms with Crippen LogP contribution in [0.2, 0.25) is 5.02 Å². The number of hydrogen-bond donors (Lipinski definition) is 1. The first-order valence-electron chi connectivity index (χ1n) is 10.9. The van der Waals surface area contributed by atoms with Gasteiger partial charge in [-0.25, -0.2) is 8.42 Å². The maximum atomic E-state index is 13.6. The fraction of sp³-hybridized carbons (Fsp3) is 0.417. The molecule has 0 saturated carbocycles. The molecule has 2 aromatic carbocycles. The first-order valence-corrected chi connectivity index (χ1v) is 13.9. The minimum absolute atomic E-state index is 0.0689. The molecule has 2 amide bonds. The molecular formula is C24H31BrClN3O4S. The van der Waals surface area contributed by atoms with Crippen LogP contribution >= 0.6 is 27.5 Å². The van der Waals surface area contributed by atoms with Crippen LogP contribution in [-0.4, -0.2) is 50.0 Å². The Morgan fingerprint density at radius 1 is 1.15 bits per heavy atom. The van der Waals surface area contributed by atoms with Crippen LogP contribution < -0.4 is 9.62 Å². The average Bonchev–Trinajstić information content (AvgIpc) is 2.73. The smallest absolute Gasteiger partial charge is 0.244 e. The lowest BCUT2D eigenvalue weighted by Crippen LogP contribution is -2.53. The van der Waals surface area contributed by atoms with Crippen molar-refractivity contribution in [2.75, 3.05) is 17.1 Å². The third-order valence-corrected chi connectivity index (χ3v) is 7.62. The van der Waals surface area contributed by atoms with Crippen molar-refractivity contribution in [3.8, 4) is 0 Å². The second-order valence-electron chi connectivity index (χ2n) is 8.40. The van der Waals surface area contributed by atoms with Gasteiger partial charge in [0.15, 0.2) is 0 Å². The topological polar surface area (TPSA) is 86.8 Å². The number of amides is 2. The maximum absolute atomic E-state index is 13.6.